The van der Waals surface area contributed by atoms with E-state index in [9.17, 15) is 0 Å². The van der Waals surface area contributed by atoms with Crippen molar-refractivity contribution in [1.29, 1.82) is 0 Å². The zero-order valence-electron chi connectivity index (χ0n) is 17.8. The molecule has 0 unspecified atom stereocenters. The molecule has 2 aromatic carbocycles. The molecule has 166 valence electrons. The Morgan fingerprint density at radius 2 is 1.73 bits per heavy atom. The minimum absolute atomic E-state index is 0.303. The van der Waals surface area contributed by atoms with Crippen LogP contribution in [0.2, 0.25) is 5.02 Å². The maximum Gasteiger partial charge on any atom is 0.187 e. The average Bonchev–Trinajstić information content (AvgIpc) is 3.46. The average molecular weight is 479 g/mol. The maximum atomic E-state index is 6.51. The normalized spacial score (nSPS) is 11.2. The molecule has 0 saturated heterocycles. The van der Waals surface area contributed by atoms with Crippen molar-refractivity contribution in [3.63, 3.8) is 0 Å². The van der Waals surface area contributed by atoms with Crippen LogP contribution in [0.3, 0.4) is 0 Å². The van der Waals surface area contributed by atoms with Gasteiger partial charge in [0.2, 0.25) is 0 Å². The first-order valence-electron chi connectivity index (χ1n) is 9.98. The molecule has 5 aromatic rings. The SMILES string of the molecule is COCc1nn2c(N)c(-c3nc(-c4ccc(Cl)cc4)cs3)nnc2c1-c1ccc(OC)cc1. The number of halogens is 1. The lowest BCUT2D eigenvalue weighted by Gasteiger charge is -2.05. The third-order valence-electron chi connectivity index (χ3n) is 5.16. The number of nitrogen functional groups attached to an aromatic ring is 1. The molecule has 0 aliphatic heterocycles. The number of benzene rings is 2. The second kappa shape index (κ2) is 8.78. The van der Waals surface area contributed by atoms with Crippen LogP contribution in [0, 0.1) is 0 Å². The van der Waals surface area contributed by atoms with Crippen molar-refractivity contribution in [1.82, 2.24) is 24.8 Å². The van der Waals surface area contributed by atoms with Gasteiger partial charge in [0, 0.05) is 23.1 Å². The fourth-order valence-corrected chi connectivity index (χ4v) is 4.49. The maximum absolute atomic E-state index is 6.51. The van der Waals surface area contributed by atoms with E-state index in [1.54, 1.807) is 18.7 Å². The summed E-state index contributed by atoms with van der Waals surface area (Å²) in [5.74, 6) is 1.12. The van der Waals surface area contributed by atoms with Gasteiger partial charge in [-0.1, -0.05) is 35.9 Å². The van der Waals surface area contributed by atoms with E-state index in [-0.39, 0.29) is 0 Å². The van der Waals surface area contributed by atoms with Crippen LogP contribution in [0.4, 0.5) is 5.82 Å². The van der Waals surface area contributed by atoms with Gasteiger partial charge in [0.05, 0.1) is 30.7 Å². The van der Waals surface area contributed by atoms with Crippen molar-refractivity contribution >= 4 is 34.4 Å². The first-order chi connectivity index (χ1) is 16.1. The molecule has 0 aliphatic rings. The summed E-state index contributed by atoms with van der Waals surface area (Å²) in [6.07, 6.45) is 0. The topological polar surface area (TPSA) is 100 Å². The number of ether oxygens (including phenoxy) is 2. The smallest absolute Gasteiger partial charge is 0.187 e. The predicted octanol–water partition coefficient (Wildman–Crippen LogP) is 4.97. The van der Waals surface area contributed by atoms with Crippen LogP contribution in [0.1, 0.15) is 5.69 Å². The number of thiazole rings is 1. The minimum atomic E-state index is 0.303. The number of methoxy groups -OCH3 is 2. The van der Waals surface area contributed by atoms with E-state index >= 15 is 0 Å². The Kier molecular flexibility index (Phi) is 5.67. The van der Waals surface area contributed by atoms with Crippen LogP contribution in [0.15, 0.2) is 53.9 Å². The third kappa shape index (κ3) is 3.91. The second-order valence-corrected chi connectivity index (χ2v) is 8.49. The van der Waals surface area contributed by atoms with Crippen LogP contribution in [0.5, 0.6) is 5.75 Å². The summed E-state index contributed by atoms with van der Waals surface area (Å²) < 4.78 is 12.2. The van der Waals surface area contributed by atoms with Crippen molar-refractivity contribution < 1.29 is 9.47 Å². The van der Waals surface area contributed by atoms with Gasteiger partial charge in [-0.2, -0.15) is 9.61 Å². The highest BCUT2D eigenvalue weighted by Crippen LogP contribution is 2.34. The van der Waals surface area contributed by atoms with E-state index < -0.39 is 0 Å². The van der Waals surface area contributed by atoms with Gasteiger partial charge in [-0.05, 0) is 29.8 Å². The summed E-state index contributed by atoms with van der Waals surface area (Å²) in [5, 5.41) is 16.8. The molecule has 0 radical (unpaired) electrons. The van der Waals surface area contributed by atoms with E-state index in [4.69, 9.17) is 31.8 Å². The molecule has 0 saturated carbocycles. The first kappa shape index (κ1) is 21.3. The molecule has 8 nitrogen and oxygen atoms in total. The number of nitrogens with two attached hydrogens (primary N) is 1. The number of hydrogen-bond acceptors (Lipinski definition) is 8. The molecular weight excluding hydrogens is 460 g/mol. The van der Waals surface area contributed by atoms with E-state index in [0.717, 1.165) is 28.1 Å². The molecule has 0 aliphatic carbocycles. The Labute approximate surface area is 198 Å². The van der Waals surface area contributed by atoms with Crippen LogP contribution < -0.4 is 10.5 Å². The van der Waals surface area contributed by atoms with Gasteiger partial charge in [0.1, 0.15) is 10.8 Å². The number of aromatic nitrogens is 5. The van der Waals surface area contributed by atoms with E-state index in [1.807, 2.05) is 53.9 Å². The van der Waals surface area contributed by atoms with E-state index in [1.165, 1.54) is 11.3 Å². The predicted molar refractivity (Wildman–Crippen MR) is 129 cm³/mol. The highest BCUT2D eigenvalue weighted by Gasteiger charge is 2.21. The van der Waals surface area contributed by atoms with Gasteiger partial charge in [0.15, 0.2) is 17.2 Å². The van der Waals surface area contributed by atoms with Crippen LogP contribution in [0.25, 0.3) is 38.7 Å². The van der Waals surface area contributed by atoms with Gasteiger partial charge in [-0.3, -0.25) is 0 Å². The van der Waals surface area contributed by atoms with Gasteiger partial charge in [-0.15, -0.1) is 21.5 Å². The third-order valence-corrected chi connectivity index (χ3v) is 6.26. The van der Waals surface area contributed by atoms with Gasteiger partial charge in [-0.25, -0.2) is 4.98 Å². The summed E-state index contributed by atoms with van der Waals surface area (Å²) in [4.78, 5) is 4.70. The van der Waals surface area contributed by atoms with Crippen molar-refractivity contribution in [2.75, 3.05) is 20.0 Å². The standard InChI is InChI=1S/C23H19ClN6O2S/c1-31-11-17-19(14-5-9-16(32-2)10-6-14)22-28-27-20(21(25)30(22)29-17)23-26-18(12-33-23)13-3-7-15(24)8-4-13/h3-10,12H,11,25H2,1-2H3. The Bertz CT molecular complexity index is 1430. The summed E-state index contributed by atoms with van der Waals surface area (Å²) in [6, 6.07) is 15.2. The molecular formula is C23H19ClN6O2S. The molecule has 0 spiro atoms. The zero-order valence-corrected chi connectivity index (χ0v) is 19.4. The molecule has 0 atom stereocenters. The fourth-order valence-electron chi connectivity index (χ4n) is 3.54. The first-order valence-corrected chi connectivity index (χ1v) is 11.2. The number of anilines is 1. The Morgan fingerprint density at radius 1 is 1.00 bits per heavy atom. The quantitative estimate of drug-likeness (QED) is 0.367. The lowest BCUT2D eigenvalue weighted by atomic mass is 10.1. The lowest BCUT2D eigenvalue weighted by molar-refractivity contribution is 0.181. The van der Waals surface area contributed by atoms with Gasteiger partial charge in [0.25, 0.3) is 0 Å². The van der Waals surface area contributed by atoms with E-state index in [0.29, 0.717) is 39.5 Å². The summed E-state index contributed by atoms with van der Waals surface area (Å²) in [7, 11) is 3.25. The van der Waals surface area contributed by atoms with Gasteiger partial charge < -0.3 is 15.2 Å². The largest absolute Gasteiger partial charge is 0.497 e. The molecule has 3 heterocycles. The molecule has 0 bridgehead atoms. The highest BCUT2D eigenvalue weighted by molar-refractivity contribution is 7.13. The molecule has 10 heteroatoms. The second-order valence-electron chi connectivity index (χ2n) is 7.20. The Hall–Kier alpha value is -3.53. The zero-order chi connectivity index (χ0) is 22.9. The summed E-state index contributed by atoms with van der Waals surface area (Å²) in [5.41, 5.74) is 11.7. The molecule has 0 fully saturated rings. The molecule has 3 aromatic heterocycles. The fraction of sp³-hybridized carbons (Fsp3) is 0.130. The number of rotatable bonds is 6. The molecule has 0 amide bonds. The minimum Gasteiger partial charge on any atom is -0.497 e. The van der Waals surface area contributed by atoms with Crippen molar-refractivity contribution in [3.05, 3.63) is 64.6 Å². The summed E-state index contributed by atoms with van der Waals surface area (Å²) >= 11 is 7.44. The van der Waals surface area contributed by atoms with Crippen molar-refractivity contribution in [3.8, 4) is 38.8 Å². The number of nitrogens with zero attached hydrogens (tertiary/aromatic N) is 5. The van der Waals surface area contributed by atoms with Crippen LogP contribution in [-0.2, 0) is 11.3 Å². The van der Waals surface area contributed by atoms with Crippen LogP contribution >= 0.6 is 22.9 Å². The number of hydrogen-bond donors (Lipinski definition) is 1. The van der Waals surface area contributed by atoms with Gasteiger partial charge >= 0.3 is 0 Å². The highest BCUT2D eigenvalue weighted by atomic mass is 35.5. The Balaban J connectivity index is 1.60. The molecule has 5 rings (SSSR count). The number of fused-ring (bicyclic) bond motifs is 1. The monoisotopic (exact) mass is 478 g/mol. The van der Waals surface area contributed by atoms with Crippen molar-refractivity contribution in [2.45, 2.75) is 6.61 Å². The van der Waals surface area contributed by atoms with Crippen molar-refractivity contribution in [2.24, 2.45) is 0 Å². The Morgan fingerprint density at radius 3 is 2.42 bits per heavy atom. The summed E-state index contributed by atoms with van der Waals surface area (Å²) in [6.45, 7) is 0.303. The lowest BCUT2D eigenvalue weighted by Crippen LogP contribution is -2.05. The molecule has 33 heavy (non-hydrogen) atoms. The molecule has 2 N–H and O–H groups in total. The van der Waals surface area contributed by atoms with E-state index in [2.05, 4.69) is 15.3 Å². The van der Waals surface area contributed by atoms with Crippen LogP contribution in [-0.4, -0.2) is 39.0 Å².